The lowest BCUT2D eigenvalue weighted by Gasteiger charge is -2.06. The van der Waals surface area contributed by atoms with Crippen molar-refractivity contribution in [2.45, 2.75) is 35.2 Å². The number of nitrogens with zero attached hydrogens (tertiary/aromatic N) is 5. The molecule has 1 aromatic carbocycles. The zero-order valence-corrected chi connectivity index (χ0v) is 15.5. The van der Waals surface area contributed by atoms with Gasteiger partial charge in [0.15, 0.2) is 0 Å². The monoisotopic (exact) mass is 396 g/mol. The standard InChI is InChI=1S/C18H16N6O3S/c25-18-17-4-3-15(28(26,27)16-9-19-20-10-16)7-12(17)8-21-24(18)11-13-5-6-23(22-13)14-1-2-14/h3-10,14H,1-2,11H2,(H,19,20). The molecule has 0 spiro atoms. The lowest BCUT2D eigenvalue weighted by atomic mass is 10.2. The smallest absolute Gasteiger partial charge is 0.274 e. The maximum atomic E-state index is 12.8. The van der Waals surface area contributed by atoms with Crippen molar-refractivity contribution in [1.82, 2.24) is 29.8 Å². The summed E-state index contributed by atoms with van der Waals surface area (Å²) >= 11 is 0. The van der Waals surface area contributed by atoms with Crippen LogP contribution in [0.3, 0.4) is 0 Å². The van der Waals surface area contributed by atoms with Gasteiger partial charge in [-0.3, -0.25) is 14.6 Å². The van der Waals surface area contributed by atoms with E-state index >= 15 is 0 Å². The van der Waals surface area contributed by atoms with Gasteiger partial charge in [-0.25, -0.2) is 13.1 Å². The first-order valence-electron chi connectivity index (χ1n) is 8.80. The third-order valence-corrected chi connectivity index (χ3v) is 6.53. The van der Waals surface area contributed by atoms with Gasteiger partial charge < -0.3 is 0 Å². The Morgan fingerprint density at radius 3 is 2.75 bits per heavy atom. The molecule has 142 valence electrons. The van der Waals surface area contributed by atoms with Gasteiger partial charge in [0.05, 0.1) is 41.0 Å². The molecule has 9 nitrogen and oxygen atoms in total. The Morgan fingerprint density at radius 2 is 2.00 bits per heavy atom. The van der Waals surface area contributed by atoms with Crippen LogP contribution < -0.4 is 5.56 Å². The Hall–Kier alpha value is -3.27. The molecule has 3 aromatic heterocycles. The van der Waals surface area contributed by atoms with Crippen LogP contribution in [-0.4, -0.2) is 38.2 Å². The fourth-order valence-electron chi connectivity index (χ4n) is 3.13. The van der Waals surface area contributed by atoms with Crippen LogP contribution in [0.5, 0.6) is 0 Å². The zero-order valence-electron chi connectivity index (χ0n) is 14.7. The molecule has 0 bridgehead atoms. The van der Waals surface area contributed by atoms with Crippen molar-refractivity contribution < 1.29 is 8.42 Å². The summed E-state index contributed by atoms with van der Waals surface area (Å²) in [5, 5.41) is 15.7. The Morgan fingerprint density at radius 1 is 1.14 bits per heavy atom. The molecule has 4 aromatic rings. The van der Waals surface area contributed by atoms with E-state index in [1.165, 1.54) is 41.5 Å². The molecule has 1 fully saturated rings. The Bertz CT molecular complexity index is 1330. The van der Waals surface area contributed by atoms with Gasteiger partial charge >= 0.3 is 0 Å². The zero-order chi connectivity index (χ0) is 19.3. The Kier molecular flexibility index (Phi) is 3.69. The molecule has 1 aliphatic rings. The van der Waals surface area contributed by atoms with E-state index in [1.807, 2.05) is 16.9 Å². The number of nitrogens with one attached hydrogen (secondary N) is 1. The van der Waals surface area contributed by atoms with E-state index < -0.39 is 9.84 Å². The van der Waals surface area contributed by atoms with E-state index in [2.05, 4.69) is 20.4 Å². The second-order valence-corrected chi connectivity index (χ2v) is 8.76. The predicted octanol–water partition coefficient (Wildman–Crippen LogP) is 1.53. The summed E-state index contributed by atoms with van der Waals surface area (Å²) < 4.78 is 28.5. The van der Waals surface area contributed by atoms with Crippen molar-refractivity contribution in [3.05, 3.63) is 65.1 Å². The van der Waals surface area contributed by atoms with E-state index in [9.17, 15) is 13.2 Å². The number of aromatic amines is 1. The SMILES string of the molecule is O=c1c2ccc(S(=O)(=O)c3cn[nH]c3)cc2cnn1Cc1ccn(C2CC2)n1. The number of fused-ring (bicyclic) bond motifs is 1. The molecular formula is C18H16N6O3S. The summed E-state index contributed by atoms with van der Waals surface area (Å²) in [4.78, 5) is 12.9. The lowest BCUT2D eigenvalue weighted by Crippen LogP contribution is -2.23. The minimum absolute atomic E-state index is 0.0689. The second-order valence-electron chi connectivity index (χ2n) is 6.81. The Labute approximate surface area is 159 Å². The van der Waals surface area contributed by atoms with Crippen molar-refractivity contribution in [3.63, 3.8) is 0 Å². The topological polar surface area (TPSA) is 116 Å². The maximum absolute atomic E-state index is 12.8. The van der Waals surface area contributed by atoms with Crippen LogP contribution in [0.1, 0.15) is 24.6 Å². The average Bonchev–Trinajstić information content (AvgIpc) is 3.18. The predicted molar refractivity (Wildman–Crippen MR) is 99.6 cm³/mol. The van der Waals surface area contributed by atoms with Gasteiger partial charge in [-0.1, -0.05) is 0 Å². The van der Waals surface area contributed by atoms with Gasteiger partial charge in [-0.05, 0) is 37.1 Å². The molecule has 0 aliphatic heterocycles. The number of rotatable bonds is 5. The van der Waals surface area contributed by atoms with Crippen LogP contribution in [0.4, 0.5) is 0 Å². The molecule has 1 saturated carbocycles. The molecule has 0 radical (unpaired) electrons. The third kappa shape index (κ3) is 2.82. The van der Waals surface area contributed by atoms with Crippen molar-refractivity contribution in [2.75, 3.05) is 0 Å². The van der Waals surface area contributed by atoms with E-state index in [0.717, 1.165) is 18.5 Å². The van der Waals surface area contributed by atoms with E-state index in [0.29, 0.717) is 16.8 Å². The molecule has 0 unspecified atom stereocenters. The quantitative estimate of drug-likeness (QED) is 0.547. The van der Waals surface area contributed by atoms with Crippen LogP contribution in [0.2, 0.25) is 0 Å². The van der Waals surface area contributed by atoms with Crippen LogP contribution in [0.15, 0.2) is 63.6 Å². The molecule has 0 atom stereocenters. The molecular weight excluding hydrogens is 380 g/mol. The van der Waals surface area contributed by atoms with Crippen molar-refractivity contribution in [3.8, 4) is 0 Å². The minimum Gasteiger partial charge on any atom is -0.284 e. The average molecular weight is 396 g/mol. The molecule has 0 amide bonds. The van der Waals surface area contributed by atoms with E-state index in [4.69, 9.17) is 0 Å². The molecule has 10 heteroatoms. The minimum atomic E-state index is -3.70. The number of aromatic nitrogens is 6. The highest BCUT2D eigenvalue weighted by molar-refractivity contribution is 7.91. The van der Waals surface area contributed by atoms with Gasteiger partial charge in [0.1, 0.15) is 4.90 Å². The fraction of sp³-hybridized carbons (Fsp3) is 0.222. The summed E-state index contributed by atoms with van der Waals surface area (Å²) in [5.74, 6) is 0. The van der Waals surface area contributed by atoms with Crippen LogP contribution >= 0.6 is 0 Å². The number of H-pyrrole nitrogens is 1. The van der Waals surface area contributed by atoms with Crippen molar-refractivity contribution >= 4 is 20.6 Å². The van der Waals surface area contributed by atoms with Crippen molar-refractivity contribution in [1.29, 1.82) is 0 Å². The second kappa shape index (κ2) is 6.13. The van der Waals surface area contributed by atoms with Gasteiger partial charge in [-0.15, -0.1) is 0 Å². The summed E-state index contributed by atoms with van der Waals surface area (Å²) in [6.45, 7) is 0.267. The molecule has 0 saturated heterocycles. The summed E-state index contributed by atoms with van der Waals surface area (Å²) in [7, 11) is -3.70. The van der Waals surface area contributed by atoms with Crippen molar-refractivity contribution in [2.24, 2.45) is 0 Å². The first-order valence-corrected chi connectivity index (χ1v) is 10.3. The number of hydrogen-bond acceptors (Lipinski definition) is 6. The van der Waals surface area contributed by atoms with Gasteiger partial charge in [0.25, 0.3) is 5.56 Å². The van der Waals surface area contributed by atoms with Crippen LogP contribution in [0.25, 0.3) is 10.8 Å². The number of hydrogen-bond donors (Lipinski definition) is 1. The Balaban J connectivity index is 1.50. The van der Waals surface area contributed by atoms with E-state index in [1.54, 1.807) is 0 Å². The maximum Gasteiger partial charge on any atom is 0.274 e. The molecule has 28 heavy (non-hydrogen) atoms. The largest absolute Gasteiger partial charge is 0.284 e. The van der Waals surface area contributed by atoms with Gasteiger partial charge in [0, 0.05) is 17.8 Å². The normalized spacial score (nSPS) is 14.6. The fourth-order valence-corrected chi connectivity index (χ4v) is 4.33. The summed E-state index contributed by atoms with van der Waals surface area (Å²) in [6.07, 6.45) is 8.26. The summed E-state index contributed by atoms with van der Waals surface area (Å²) in [6, 6.07) is 6.77. The van der Waals surface area contributed by atoms with Gasteiger partial charge in [0.2, 0.25) is 9.84 Å². The highest BCUT2D eigenvalue weighted by Gasteiger charge is 2.24. The highest BCUT2D eigenvalue weighted by Crippen LogP contribution is 2.33. The molecule has 1 aliphatic carbocycles. The van der Waals surface area contributed by atoms with Crippen LogP contribution in [-0.2, 0) is 16.4 Å². The first kappa shape index (κ1) is 16.9. The molecule has 3 heterocycles. The number of sulfone groups is 1. The summed E-state index contributed by atoms with van der Waals surface area (Å²) in [5.41, 5.74) is 0.478. The number of benzene rings is 1. The van der Waals surface area contributed by atoms with Crippen LogP contribution in [0, 0.1) is 0 Å². The lowest BCUT2D eigenvalue weighted by molar-refractivity contribution is 0.592. The van der Waals surface area contributed by atoms with E-state index in [-0.39, 0.29) is 21.9 Å². The molecule has 5 rings (SSSR count). The molecule has 1 N–H and O–H groups in total. The highest BCUT2D eigenvalue weighted by atomic mass is 32.2. The third-order valence-electron chi connectivity index (χ3n) is 4.81. The first-order chi connectivity index (χ1) is 13.5. The van der Waals surface area contributed by atoms with Gasteiger partial charge in [-0.2, -0.15) is 15.3 Å².